The average Bonchev–Trinajstić information content (AvgIpc) is 3.58. The highest BCUT2D eigenvalue weighted by atomic mass is 32.2. The van der Waals surface area contributed by atoms with E-state index in [1.807, 2.05) is 66.9 Å². The first kappa shape index (κ1) is 61.2. The Morgan fingerprint density at radius 3 is 1.85 bits per heavy atom. The third-order valence-electron chi connectivity index (χ3n) is 8.50. The Balaban J connectivity index is -0.000000357. The number of aromatic amines is 1. The standard InChI is InChI=1S/C29H22N4O3S2.12CH4.O2S/c1-31-24-23(34)33-25-28(16-29(33,26(31)35)38-27(36)37-24,20-15-30-21-13-7-5-11-18(20)21)19-12-6-8-14-22(19)32(25)17-9-3-2-4-10-17;;;;;;;;;;;;;1-3-2/h2-15,24-25,30H,16H2,1H3;12*1H4;/t24-,25-,28?,29?;;;;;;;;;;;;;/m1............./s1. The highest BCUT2D eigenvalue weighted by molar-refractivity contribution is 8.40. The smallest absolute Gasteiger partial charge is 0.335 e. The zero-order valence-electron chi connectivity index (χ0n) is 21.6. The largest absolute Gasteiger partial charge is 0.361 e. The van der Waals surface area contributed by atoms with Crippen molar-refractivity contribution in [2.75, 3.05) is 11.9 Å². The molecule has 1 aromatic heterocycles. The van der Waals surface area contributed by atoms with Gasteiger partial charge < -0.3 is 14.8 Å². The monoisotopic (exact) mass is 794 g/mol. The molecule has 302 valence electrons. The van der Waals surface area contributed by atoms with E-state index in [0.717, 1.165) is 56.9 Å². The van der Waals surface area contributed by atoms with Crippen molar-refractivity contribution in [3.8, 4) is 0 Å². The van der Waals surface area contributed by atoms with E-state index in [1.54, 1.807) is 11.9 Å². The third-order valence-corrected chi connectivity index (χ3v) is 11.0. The summed E-state index contributed by atoms with van der Waals surface area (Å²) in [6.45, 7) is 0. The molecule has 6 heterocycles. The number of aromatic nitrogens is 1. The Bertz CT molecular complexity index is 1800. The van der Waals surface area contributed by atoms with E-state index in [0.29, 0.717) is 6.42 Å². The summed E-state index contributed by atoms with van der Waals surface area (Å²) in [5, 5.41) is 0.169. The molecular formula is C41H70N4O5S3. The lowest BCUT2D eigenvalue weighted by atomic mass is 9.72. The van der Waals surface area contributed by atoms with Gasteiger partial charge in [0.05, 0.1) is 5.41 Å². The molecule has 12 heteroatoms. The Kier molecular flexibility index (Phi) is 25.8. The number of amides is 2. The molecule has 0 saturated carbocycles. The van der Waals surface area contributed by atoms with Crippen molar-refractivity contribution in [2.45, 2.75) is 117 Å². The highest BCUT2D eigenvalue weighted by Gasteiger charge is 2.76. The predicted octanol–water partition coefficient (Wildman–Crippen LogP) is 12.2. The number of piperazine rings is 1. The van der Waals surface area contributed by atoms with Crippen LogP contribution >= 0.6 is 23.5 Å². The molecule has 9 rings (SSSR count). The van der Waals surface area contributed by atoms with E-state index in [9.17, 15) is 14.4 Å². The second kappa shape index (κ2) is 22.4. The Morgan fingerprint density at radius 1 is 0.717 bits per heavy atom. The number of carbonyl (C=O) groups excluding carboxylic acids is 3. The lowest BCUT2D eigenvalue weighted by Crippen LogP contribution is -2.68. The number of nitrogens with one attached hydrogen (secondary N) is 1. The number of thioether (sulfide) groups is 2. The van der Waals surface area contributed by atoms with Crippen LogP contribution < -0.4 is 4.90 Å². The average molecular weight is 795 g/mol. The first-order valence-electron chi connectivity index (χ1n) is 12.8. The Morgan fingerprint density at radius 2 is 1.25 bits per heavy atom. The number of likely N-dealkylation sites (N-methyl/N-ethyl adjacent to an activating group) is 1. The van der Waals surface area contributed by atoms with Gasteiger partial charge in [0.25, 0.3) is 16.3 Å². The Hall–Kier alpha value is -3.87. The van der Waals surface area contributed by atoms with Crippen molar-refractivity contribution in [2.24, 2.45) is 0 Å². The van der Waals surface area contributed by atoms with Crippen LogP contribution in [0.4, 0.5) is 16.2 Å². The molecule has 2 bridgehead atoms. The number of para-hydroxylation sites is 3. The summed E-state index contributed by atoms with van der Waals surface area (Å²) in [7, 11) is 1.64. The van der Waals surface area contributed by atoms with Gasteiger partial charge in [0, 0.05) is 41.9 Å². The van der Waals surface area contributed by atoms with Crippen molar-refractivity contribution in [3.05, 3.63) is 96.2 Å². The van der Waals surface area contributed by atoms with E-state index < -0.39 is 33.4 Å². The van der Waals surface area contributed by atoms with Crippen LogP contribution in [0.5, 0.6) is 0 Å². The number of hydrogen-bond acceptors (Lipinski definition) is 8. The van der Waals surface area contributed by atoms with Crippen molar-refractivity contribution in [1.82, 2.24) is 14.8 Å². The number of carbonyl (C=O) groups is 3. The molecule has 0 radical (unpaired) electrons. The summed E-state index contributed by atoms with van der Waals surface area (Å²) < 4.78 is 16.4. The normalized spacial score (nSPS) is 21.5. The summed E-state index contributed by atoms with van der Waals surface area (Å²) in [5.41, 5.74) is 4.24. The van der Waals surface area contributed by atoms with E-state index >= 15 is 0 Å². The van der Waals surface area contributed by atoms with Crippen LogP contribution in [-0.4, -0.2) is 62.9 Å². The van der Waals surface area contributed by atoms with E-state index in [4.69, 9.17) is 8.42 Å². The van der Waals surface area contributed by atoms with Gasteiger partial charge >= 0.3 is 11.6 Å². The van der Waals surface area contributed by atoms with Crippen LogP contribution in [0.3, 0.4) is 0 Å². The van der Waals surface area contributed by atoms with Crippen molar-refractivity contribution in [1.29, 1.82) is 0 Å². The second-order valence-corrected chi connectivity index (χ2v) is 13.0. The maximum atomic E-state index is 14.3. The molecule has 3 aromatic carbocycles. The van der Waals surface area contributed by atoms with Gasteiger partial charge in [0.2, 0.25) is 0 Å². The van der Waals surface area contributed by atoms with E-state index in [2.05, 4.69) is 28.1 Å². The molecule has 2 unspecified atom stereocenters. The molecule has 2 amide bonds. The fraction of sp³-hybridized carbons (Fsp3) is 0.439. The summed E-state index contributed by atoms with van der Waals surface area (Å²) in [6, 6.07) is 26.4. The van der Waals surface area contributed by atoms with Gasteiger partial charge in [0.1, 0.15) is 6.17 Å². The molecule has 5 aliphatic heterocycles. The van der Waals surface area contributed by atoms with Crippen molar-refractivity contribution in [3.63, 3.8) is 0 Å². The SMILES string of the molecule is C.C.C.C.C.C.C.C.C.C.C.C.CN1C(=O)C23CC4(c5c[nH]c6ccccc56)c5ccccc5N(c5ccccc5)[C@@H]4N2C(=O)[C@H]1SC(=O)S3.O=S=O. The van der Waals surface area contributed by atoms with Crippen LogP contribution in [0, 0.1) is 0 Å². The minimum absolute atomic E-state index is 0. The zero-order chi connectivity index (χ0) is 28.5. The van der Waals surface area contributed by atoms with Gasteiger partial charge in [-0.3, -0.25) is 19.3 Å². The lowest BCUT2D eigenvalue weighted by Gasteiger charge is -2.47. The number of nitrogens with zero attached hydrogens (tertiary/aromatic N) is 3. The summed E-state index contributed by atoms with van der Waals surface area (Å²) >= 11 is 1.21. The molecule has 4 aromatic rings. The molecule has 5 aliphatic rings. The van der Waals surface area contributed by atoms with Gasteiger partial charge in [0.15, 0.2) is 10.2 Å². The van der Waals surface area contributed by atoms with Gasteiger partial charge in [-0.05, 0) is 58.9 Å². The second-order valence-electron chi connectivity index (χ2n) is 10.3. The summed E-state index contributed by atoms with van der Waals surface area (Å²) in [4.78, 5) is 49.2. The first-order valence-corrected chi connectivity index (χ1v) is 15.2. The maximum absolute atomic E-state index is 14.3. The molecule has 53 heavy (non-hydrogen) atoms. The first-order chi connectivity index (χ1) is 19.9. The quantitative estimate of drug-likeness (QED) is 0.213. The summed E-state index contributed by atoms with van der Waals surface area (Å²) in [6.07, 6.45) is 1.79. The summed E-state index contributed by atoms with van der Waals surface area (Å²) in [5.74, 6) is -0.388. The Labute approximate surface area is 335 Å². The number of rotatable bonds is 2. The van der Waals surface area contributed by atoms with E-state index in [1.165, 1.54) is 4.90 Å². The number of hydrogen-bond donors (Lipinski definition) is 1. The van der Waals surface area contributed by atoms with Crippen molar-refractivity contribution < 1.29 is 22.8 Å². The number of benzene rings is 3. The molecule has 9 nitrogen and oxygen atoms in total. The molecule has 4 saturated heterocycles. The van der Waals surface area contributed by atoms with Gasteiger partial charge in [-0.15, -0.1) is 0 Å². The number of anilines is 2. The fourth-order valence-corrected chi connectivity index (χ4v) is 9.70. The molecule has 0 aliphatic carbocycles. The molecule has 4 atom stereocenters. The fourth-order valence-electron chi connectivity index (χ4n) is 7.08. The van der Waals surface area contributed by atoms with Gasteiger partial charge in [-0.1, -0.05) is 144 Å². The topological polar surface area (TPSA) is 111 Å². The highest BCUT2D eigenvalue weighted by Crippen LogP contribution is 2.67. The van der Waals surface area contributed by atoms with E-state index in [-0.39, 0.29) is 105 Å². The third kappa shape index (κ3) is 8.15. The minimum atomic E-state index is -1.34. The molecule has 1 spiro atoms. The minimum Gasteiger partial charge on any atom is -0.361 e. The van der Waals surface area contributed by atoms with Crippen LogP contribution in [0.1, 0.15) is 107 Å². The van der Waals surface area contributed by atoms with Crippen LogP contribution in [0.15, 0.2) is 85.1 Å². The van der Waals surface area contributed by atoms with Crippen LogP contribution in [0.25, 0.3) is 10.9 Å². The van der Waals surface area contributed by atoms with Gasteiger partial charge in [-0.2, -0.15) is 8.42 Å². The molecular weight excluding hydrogens is 725 g/mol. The molecule has 1 N–H and O–H groups in total. The maximum Gasteiger partial charge on any atom is 0.335 e. The van der Waals surface area contributed by atoms with Crippen LogP contribution in [0.2, 0.25) is 0 Å². The van der Waals surface area contributed by atoms with Gasteiger partial charge in [-0.25, -0.2) is 0 Å². The molecule has 4 fully saturated rings. The van der Waals surface area contributed by atoms with Crippen LogP contribution in [-0.2, 0) is 26.6 Å². The van der Waals surface area contributed by atoms with Crippen molar-refractivity contribution >= 4 is 73.6 Å². The number of fused-ring (bicyclic) bond motifs is 7. The number of H-pyrrole nitrogens is 1. The zero-order valence-corrected chi connectivity index (χ0v) is 24.0. The lowest BCUT2D eigenvalue weighted by molar-refractivity contribution is -0.157. The predicted molar refractivity (Wildman–Crippen MR) is 239 cm³/mol.